The van der Waals surface area contributed by atoms with E-state index in [1.807, 2.05) is 30.4 Å². The summed E-state index contributed by atoms with van der Waals surface area (Å²) in [6.07, 6.45) is 8.65. The molecule has 0 radical (unpaired) electrons. The Morgan fingerprint density at radius 1 is 1.14 bits per heavy atom. The molecule has 0 heterocycles. The van der Waals surface area contributed by atoms with Crippen LogP contribution in [-0.4, -0.2) is 46.7 Å². The van der Waals surface area contributed by atoms with Crippen molar-refractivity contribution >= 4 is 5.97 Å². The summed E-state index contributed by atoms with van der Waals surface area (Å²) < 4.78 is 4.62. The van der Waals surface area contributed by atoms with Crippen molar-refractivity contribution in [2.24, 2.45) is 11.8 Å². The minimum absolute atomic E-state index is 0.0103. The van der Waals surface area contributed by atoms with Gasteiger partial charge in [0, 0.05) is 6.42 Å². The van der Waals surface area contributed by atoms with Gasteiger partial charge in [0.15, 0.2) is 0 Å². The van der Waals surface area contributed by atoms with Gasteiger partial charge in [0.05, 0.1) is 25.4 Å². The highest BCUT2D eigenvalue weighted by molar-refractivity contribution is 5.69. The Hall–Kier alpha value is -1.69. The molecule has 0 bridgehead atoms. The number of esters is 1. The molecule has 1 aromatic rings. The molecule has 0 aromatic heterocycles. The van der Waals surface area contributed by atoms with Crippen molar-refractivity contribution in [1.29, 1.82) is 0 Å². The molecule has 1 aliphatic rings. The number of hydrogen-bond donors (Lipinski definition) is 3. The van der Waals surface area contributed by atoms with Gasteiger partial charge in [-0.3, -0.25) is 4.79 Å². The van der Waals surface area contributed by atoms with Crippen molar-refractivity contribution in [2.75, 3.05) is 7.11 Å². The monoisotopic (exact) mass is 404 g/mol. The number of carbonyl (C=O) groups is 1. The molecule has 0 amide bonds. The van der Waals surface area contributed by atoms with Gasteiger partial charge < -0.3 is 20.1 Å². The maximum Gasteiger partial charge on any atom is 0.305 e. The van der Waals surface area contributed by atoms with Crippen LogP contribution in [0.15, 0.2) is 42.5 Å². The first kappa shape index (κ1) is 23.6. The van der Waals surface area contributed by atoms with E-state index in [9.17, 15) is 20.1 Å². The van der Waals surface area contributed by atoms with Crippen LogP contribution in [0.5, 0.6) is 0 Å². The van der Waals surface area contributed by atoms with Crippen LogP contribution in [0.3, 0.4) is 0 Å². The van der Waals surface area contributed by atoms with Gasteiger partial charge in [-0.05, 0) is 68.8 Å². The Labute approximate surface area is 174 Å². The number of rotatable bonds is 12. The van der Waals surface area contributed by atoms with Crippen LogP contribution in [0.25, 0.3) is 0 Å². The Morgan fingerprint density at radius 3 is 2.59 bits per heavy atom. The summed E-state index contributed by atoms with van der Waals surface area (Å²) in [6.45, 7) is 0. The smallest absolute Gasteiger partial charge is 0.305 e. The van der Waals surface area contributed by atoms with Crippen molar-refractivity contribution < 1.29 is 24.9 Å². The quantitative estimate of drug-likeness (QED) is 0.282. The van der Waals surface area contributed by atoms with Gasteiger partial charge in [0.2, 0.25) is 0 Å². The fourth-order valence-electron chi connectivity index (χ4n) is 4.25. The van der Waals surface area contributed by atoms with Crippen LogP contribution in [0, 0.1) is 11.8 Å². The molecule has 0 saturated heterocycles. The summed E-state index contributed by atoms with van der Waals surface area (Å²) in [7, 11) is 1.39. The minimum Gasteiger partial charge on any atom is -0.469 e. The number of carbonyl (C=O) groups excluding carboxylic acids is 1. The number of ether oxygens (including phenoxy) is 1. The number of hydrogen-bond acceptors (Lipinski definition) is 5. The fraction of sp³-hybridized carbons (Fsp3) is 0.625. The Kier molecular flexibility index (Phi) is 10.4. The molecule has 1 saturated carbocycles. The largest absolute Gasteiger partial charge is 0.469 e. The lowest BCUT2D eigenvalue weighted by atomic mass is 9.85. The second kappa shape index (κ2) is 12.8. The van der Waals surface area contributed by atoms with Crippen LogP contribution in [0.2, 0.25) is 0 Å². The van der Waals surface area contributed by atoms with Crippen LogP contribution < -0.4 is 0 Å². The van der Waals surface area contributed by atoms with Crippen LogP contribution in [0.4, 0.5) is 0 Å². The summed E-state index contributed by atoms with van der Waals surface area (Å²) in [5.74, 6) is -0.169. The molecular formula is C24H36O5. The lowest BCUT2D eigenvalue weighted by Crippen LogP contribution is -2.23. The molecule has 1 unspecified atom stereocenters. The molecule has 1 fully saturated rings. The zero-order valence-corrected chi connectivity index (χ0v) is 17.5. The lowest BCUT2D eigenvalue weighted by Gasteiger charge is -2.23. The summed E-state index contributed by atoms with van der Waals surface area (Å²) >= 11 is 0. The molecule has 5 atom stereocenters. The van der Waals surface area contributed by atoms with Crippen molar-refractivity contribution in [2.45, 2.75) is 76.1 Å². The van der Waals surface area contributed by atoms with E-state index in [0.717, 1.165) is 25.7 Å². The van der Waals surface area contributed by atoms with E-state index in [2.05, 4.69) is 16.9 Å². The molecule has 5 heteroatoms. The lowest BCUT2D eigenvalue weighted by molar-refractivity contribution is -0.140. The first-order valence-electron chi connectivity index (χ1n) is 10.8. The van der Waals surface area contributed by atoms with E-state index < -0.39 is 18.3 Å². The van der Waals surface area contributed by atoms with Crippen LogP contribution >= 0.6 is 0 Å². The van der Waals surface area contributed by atoms with Gasteiger partial charge >= 0.3 is 5.97 Å². The zero-order chi connectivity index (χ0) is 21.1. The molecule has 0 aliphatic heterocycles. The zero-order valence-electron chi connectivity index (χ0n) is 17.5. The standard InChI is InChI=1S/C24H36O5/c1-29-24(28)12-8-3-2-7-11-20-21(23(27)17-22(20)26)16-15-19(25)14-13-18-9-5-4-6-10-18/h2,4-7,9-10,19-23,25-27H,3,8,11-17H2,1H3/b7-2-/t19?,20-,21-,22+,23-/m1/s1. The van der Waals surface area contributed by atoms with Crippen molar-refractivity contribution in [1.82, 2.24) is 0 Å². The van der Waals surface area contributed by atoms with Gasteiger partial charge in [-0.1, -0.05) is 42.5 Å². The maximum atomic E-state index is 11.1. The molecule has 5 nitrogen and oxygen atoms in total. The van der Waals surface area contributed by atoms with E-state index in [1.165, 1.54) is 12.7 Å². The Morgan fingerprint density at radius 2 is 1.86 bits per heavy atom. The average Bonchev–Trinajstić information content (AvgIpc) is 3.00. The van der Waals surface area contributed by atoms with Crippen molar-refractivity contribution in [3.05, 3.63) is 48.0 Å². The van der Waals surface area contributed by atoms with E-state index in [1.54, 1.807) is 0 Å². The second-order valence-electron chi connectivity index (χ2n) is 8.13. The number of aliphatic hydroxyl groups is 3. The van der Waals surface area contributed by atoms with E-state index >= 15 is 0 Å². The second-order valence-corrected chi connectivity index (χ2v) is 8.13. The van der Waals surface area contributed by atoms with Crippen molar-refractivity contribution in [3.8, 4) is 0 Å². The Bertz CT molecular complexity index is 615. The molecular weight excluding hydrogens is 368 g/mol. The predicted molar refractivity (Wildman–Crippen MR) is 113 cm³/mol. The summed E-state index contributed by atoms with van der Waals surface area (Å²) in [5.41, 5.74) is 1.22. The number of aliphatic hydroxyl groups excluding tert-OH is 3. The van der Waals surface area contributed by atoms with E-state index in [4.69, 9.17) is 0 Å². The first-order chi connectivity index (χ1) is 14.0. The van der Waals surface area contributed by atoms with Crippen molar-refractivity contribution in [3.63, 3.8) is 0 Å². The molecule has 1 aliphatic carbocycles. The van der Waals surface area contributed by atoms with Gasteiger partial charge in [-0.15, -0.1) is 0 Å². The number of unbranched alkanes of at least 4 members (excludes halogenated alkanes) is 1. The van der Waals surface area contributed by atoms with Gasteiger partial charge in [0.25, 0.3) is 0 Å². The third-order valence-electron chi connectivity index (χ3n) is 6.02. The summed E-state index contributed by atoms with van der Waals surface area (Å²) in [4.78, 5) is 11.1. The molecule has 29 heavy (non-hydrogen) atoms. The first-order valence-corrected chi connectivity index (χ1v) is 10.8. The number of benzene rings is 1. The highest BCUT2D eigenvalue weighted by Crippen LogP contribution is 2.38. The summed E-state index contributed by atoms with van der Waals surface area (Å²) in [6, 6.07) is 10.1. The van der Waals surface area contributed by atoms with Crippen LogP contribution in [0.1, 0.15) is 56.9 Å². The number of allylic oxidation sites excluding steroid dienone is 2. The van der Waals surface area contributed by atoms with Gasteiger partial charge in [0.1, 0.15) is 0 Å². The number of aryl methyl sites for hydroxylation is 1. The maximum absolute atomic E-state index is 11.1. The SMILES string of the molecule is COC(=O)CCC/C=C\C[C@@H]1[C@@H](CCC(O)CCc2ccccc2)[C@H](O)C[C@@H]1O. The molecule has 1 aromatic carbocycles. The highest BCUT2D eigenvalue weighted by atomic mass is 16.5. The van der Waals surface area contributed by atoms with Crippen LogP contribution in [-0.2, 0) is 16.0 Å². The minimum atomic E-state index is -0.510. The molecule has 2 rings (SSSR count). The molecule has 0 spiro atoms. The molecule has 162 valence electrons. The third-order valence-corrected chi connectivity index (χ3v) is 6.02. The predicted octanol–water partition coefficient (Wildman–Crippen LogP) is 3.41. The Balaban J connectivity index is 1.73. The normalized spacial score (nSPS) is 25.4. The highest BCUT2D eigenvalue weighted by Gasteiger charge is 2.40. The fourth-order valence-corrected chi connectivity index (χ4v) is 4.25. The van der Waals surface area contributed by atoms with Gasteiger partial charge in [-0.25, -0.2) is 0 Å². The molecule has 3 N–H and O–H groups in total. The van der Waals surface area contributed by atoms with Gasteiger partial charge in [-0.2, -0.15) is 0 Å². The average molecular weight is 405 g/mol. The van der Waals surface area contributed by atoms with E-state index in [0.29, 0.717) is 32.1 Å². The van der Waals surface area contributed by atoms with E-state index in [-0.39, 0.29) is 17.8 Å². The summed E-state index contributed by atoms with van der Waals surface area (Å²) in [5, 5.41) is 31.1. The number of methoxy groups -OCH3 is 1. The topological polar surface area (TPSA) is 87.0 Å². The third kappa shape index (κ3) is 8.29.